The molecule has 0 atom stereocenters. The number of aromatic carboxylic acids is 1. The minimum Gasteiger partial charge on any atom is -0.507 e. The third-order valence-corrected chi connectivity index (χ3v) is 1.60. The van der Waals surface area contributed by atoms with Crippen molar-refractivity contribution in [1.29, 1.82) is 0 Å². The molecular formula is C7H6ClNO3. The lowest BCUT2D eigenvalue weighted by molar-refractivity contribution is 0.0694. The van der Waals surface area contributed by atoms with Gasteiger partial charge in [-0.25, -0.2) is 4.79 Å². The van der Waals surface area contributed by atoms with Crippen LogP contribution in [0.15, 0.2) is 12.1 Å². The summed E-state index contributed by atoms with van der Waals surface area (Å²) in [6, 6.07) is 2.40. The molecule has 0 aromatic heterocycles. The molecule has 1 rings (SSSR count). The van der Waals surface area contributed by atoms with Gasteiger partial charge in [-0.15, -0.1) is 0 Å². The Labute approximate surface area is 73.2 Å². The average molecular weight is 188 g/mol. The van der Waals surface area contributed by atoms with Crippen molar-refractivity contribution < 1.29 is 15.0 Å². The number of hydrogen-bond acceptors (Lipinski definition) is 3. The van der Waals surface area contributed by atoms with Crippen LogP contribution < -0.4 is 5.73 Å². The maximum absolute atomic E-state index is 10.5. The molecule has 5 heteroatoms. The van der Waals surface area contributed by atoms with Crippen LogP contribution in [-0.2, 0) is 0 Å². The zero-order valence-corrected chi connectivity index (χ0v) is 6.67. The zero-order valence-electron chi connectivity index (χ0n) is 5.91. The number of carboxylic acids is 1. The Balaban J connectivity index is 3.38. The van der Waals surface area contributed by atoms with Gasteiger partial charge in [0.2, 0.25) is 0 Å². The predicted molar refractivity (Wildman–Crippen MR) is 44.5 cm³/mol. The quantitative estimate of drug-likeness (QED) is 0.579. The van der Waals surface area contributed by atoms with Crippen molar-refractivity contribution >= 4 is 23.3 Å². The summed E-state index contributed by atoms with van der Waals surface area (Å²) in [5.41, 5.74) is 5.19. The van der Waals surface area contributed by atoms with E-state index in [9.17, 15) is 4.79 Å². The highest BCUT2D eigenvalue weighted by molar-refractivity contribution is 6.34. The fourth-order valence-electron chi connectivity index (χ4n) is 0.824. The van der Waals surface area contributed by atoms with E-state index in [4.69, 9.17) is 27.5 Å². The van der Waals surface area contributed by atoms with Crippen LogP contribution >= 0.6 is 11.6 Å². The first-order valence-electron chi connectivity index (χ1n) is 3.03. The molecule has 1 aromatic rings. The van der Waals surface area contributed by atoms with Crippen molar-refractivity contribution in [1.82, 2.24) is 0 Å². The van der Waals surface area contributed by atoms with Crippen LogP contribution in [0.3, 0.4) is 0 Å². The molecule has 0 saturated carbocycles. The van der Waals surface area contributed by atoms with Gasteiger partial charge in [0.25, 0.3) is 0 Å². The number of rotatable bonds is 1. The number of anilines is 1. The van der Waals surface area contributed by atoms with Crippen molar-refractivity contribution in [2.24, 2.45) is 0 Å². The van der Waals surface area contributed by atoms with E-state index in [1.807, 2.05) is 0 Å². The highest BCUT2D eigenvalue weighted by Crippen LogP contribution is 2.28. The summed E-state index contributed by atoms with van der Waals surface area (Å²) in [5, 5.41) is 17.6. The molecule has 4 nitrogen and oxygen atoms in total. The maximum Gasteiger partial charge on any atom is 0.341 e. The molecule has 12 heavy (non-hydrogen) atoms. The van der Waals surface area contributed by atoms with Gasteiger partial charge in [0.1, 0.15) is 11.3 Å². The molecule has 0 radical (unpaired) electrons. The number of benzene rings is 1. The molecule has 0 aliphatic carbocycles. The summed E-state index contributed by atoms with van der Waals surface area (Å²) < 4.78 is 0. The first-order chi connectivity index (χ1) is 5.52. The lowest BCUT2D eigenvalue weighted by Gasteiger charge is -2.02. The van der Waals surface area contributed by atoms with Gasteiger partial charge >= 0.3 is 5.97 Å². The second kappa shape index (κ2) is 2.91. The molecule has 0 aliphatic heterocycles. The molecule has 1 aromatic carbocycles. The Morgan fingerprint density at radius 2 is 2.08 bits per heavy atom. The smallest absolute Gasteiger partial charge is 0.341 e. The Morgan fingerprint density at radius 1 is 1.50 bits per heavy atom. The Hall–Kier alpha value is -1.42. The SMILES string of the molecule is Nc1cc(O)c(C(=O)O)c(Cl)c1. The normalized spacial score (nSPS) is 9.75. The highest BCUT2D eigenvalue weighted by Gasteiger charge is 2.14. The molecule has 64 valence electrons. The van der Waals surface area contributed by atoms with E-state index in [0.29, 0.717) is 0 Å². The zero-order chi connectivity index (χ0) is 9.30. The standard InChI is InChI=1S/C7H6ClNO3/c8-4-1-3(9)2-5(10)6(4)7(11)12/h1-2,10H,9H2,(H,11,12). The predicted octanol–water partition coefficient (Wildman–Crippen LogP) is 1.33. The molecule has 0 heterocycles. The Bertz CT molecular complexity index is 314. The third kappa shape index (κ3) is 1.43. The summed E-state index contributed by atoms with van der Waals surface area (Å²) >= 11 is 5.51. The lowest BCUT2D eigenvalue weighted by atomic mass is 10.2. The molecule has 0 saturated heterocycles. The first kappa shape index (κ1) is 8.67. The number of aromatic hydroxyl groups is 1. The van der Waals surface area contributed by atoms with Gasteiger partial charge in [-0.1, -0.05) is 11.6 Å². The monoisotopic (exact) mass is 187 g/mol. The van der Waals surface area contributed by atoms with Gasteiger partial charge in [0.05, 0.1) is 5.02 Å². The largest absolute Gasteiger partial charge is 0.507 e. The summed E-state index contributed by atoms with van der Waals surface area (Å²) in [6.45, 7) is 0. The van der Waals surface area contributed by atoms with E-state index in [1.165, 1.54) is 6.07 Å². The summed E-state index contributed by atoms with van der Waals surface area (Å²) in [6.07, 6.45) is 0. The first-order valence-corrected chi connectivity index (χ1v) is 3.41. The van der Waals surface area contributed by atoms with Crippen LogP contribution in [-0.4, -0.2) is 16.2 Å². The van der Waals surface area contributed by atoms with Gasteiger partial charge < -0.3 is 15.9 Å². The second-order valence-electron chi connectivity index (χ2n) is 2.20. The van der Waals surface area contributed by atoms with Crippen LogP contribution in [0.5, 0.6) is 5.75 Å². The maximum atomic E-state index is 10.5. The number of hydrogen-bond donors (Lipinski definition) is 3. The van der Waals surface area contributed by atoms with E-state index in [-0.39, 0.29) is 16.3 Å². The molecule has 0 spiro atoms. The van der Waals surface area contributed by atoms with E-state index in [0.717, 1.165) is 6.07 Å². The van der Waals surface area contributed by atoms with E-state index in [2.05, 4.69) is 0 Å². The van der Waals surface area contributed by atoms with E-state index < -0.39 is 11.7 Å². The molecule has 0 unspecified atom stereocenters. The fraction of sp³-hybridized carbons (Fsp3) is 0. The summed E-state index contributed by atoms with van der Waals surface area (Å²) in [4.78, 5) is 10.5. The molecule has 0 amide bonds. The van der Waals surface area contributed by atoms with Crippen LogP contribution in [0.4, 0.5) is 5.69 Å². The number of carboxylic acid groups (broad SMARTS) is 1. The van der Waals surface area contributed by atoms with Crippen LogP contribution in [0.25, 0.3) is 0 Å². The minimum atomic E-state index is -1.28. The van der Waals surface area contributed by atoms with Crippen molar-refractivity contribution in [3.05, 3.63) is 22.7 Å². The van der Waals surface area contributed by atoms with E-state index in [1.54, 1.807) is 0 Å². The van der Waals surface area contributed by atoms with E-state index >= 15 is 0 Å². The van der Waals surface area contributed by atoms with Crippen molar-refractivity contribution in [3.63, 3.8) is 0 Å². The van der Waals surface area contributed by atoms with Crippen molar-refractivity contribution in [2.45, 2.75) is 0 Å². The molecular weight excluding hydrogens is 182 g/mol. The van der Waals surface area contributed by atoms with Crippen LogP contribution in [0.1, 0.15) is 10.4 Å². The van der Waals surface area contributed by atoms with Gasteiger partial charge in [0.15, 0.2) is 0 Å². The molecule has 0 aliphatic rings. The average Bonchev–Trinajstić information content (AvgIpc) is 1.82. The minimum absolute atomic E-state index is 0.0694. The van der Waals surface area contributed by atoms with Gasteiger partial charge in [-0.3, -0.25) is 0 Å². The number of nitrogens with two attached hydrogens (primary N) is 1. The third-order valence-electron chi connectivity index (χ3n) is 1.31. The van der Waals surface area contributed by atoms with Gasteiger partial charge in [-0.2, -0.15) is 0 Å². The molecule has 0 bridgehead atoms. The second-order valence-corrected chi connectivity index (χ2v) is 2.61. The number of phenols is 1. The fourth-order valence-corrected chi connectivity index (χ4v) is 1.13. The molecule has 0 fully saturated rings. The highest BCUT2D eigenvalue weighted by atomic mass is 35.5. The Kier molecular flexibility index (Phi) is 2.10. The topological polar surface area (TPSA) is 83.5 Å². The van der Waals surface area contributed by atoms with Crippen LogP contribution in [0.2, 0.25) is 5.02 Å². The lowest BCUT2D eigenvalue weighted by Crippen LogP contribution is -1.99. The van der Waals surface area contributed by atoms with Gasteiger partial charge in [-0.05, 0) is 6.07 Å². The molecule has 4 N–H and O–H groups in total. The van der Waals surface area contributed by atoms with Crippen LogP contribution in [0, 0.1) is 0 Å². The number of carbonyl (C=O) groups is 1. The summed E-state index contributed by atoms with van der Waals surface area (Å²) in [7, 11) is 0. The number of halogens is 1. The van der Waals surface area contributed by atoms with Crippen molar-refractivity contribution in [2.75, 3.05) is 5.73 Å². The summed E-state index contributed by atoms with van der Waals surface area (Å²) in [5.74, 6) is -1.70. The Morgan fingerprint density at radius 3 is 2.50 bits per heavy atom. The number of nitrogen functional groups attached to an aromatic ring is 1. The van der Waals surface area contributed by atoms with Gasteiger partial charge in [0, 0.05) is 11.8 Å². The van der Waals surface area contributed by atoms with Crippen molar-refractivity contribution in [3.8, 4) is 5.75 Å².